The quantitative estimate of drug-likeness (QED) is 0.866. The van der Waals surface area contributed by atoms with E-state index in [0.29, 0.717) is 0 Å². The van der Waals surface area contributed by atoms with Crippen LogP contribution in [0.4, 0.5) is 10.5 Å². The van der Waals surface area contributed by atoms with E-state index in [-0.39, 0.29) is 12.5 Å². The Morgan fingerprint density at radius 3 is 2.30 bits per heavy atom. The number of nitrogens with zero attached hydrogens (tertiary/aromatic N) is 1. The van der Waals surface area contributed by atoms with Crippen LogP contribution in [0.3, 0.4) is 0 Å². The second kappa shape index (κ2) is 8.56. The van der Waals surface area contributed by atoms with E-state index in [9.17, 15) is 9.59 Å². The monoisotopic (exact) mass is 320 g/mol. The number of amides is 2. The van der Waals surface area contributed by atoms with Crippen molar-refractivity contribution in [2.24, 2.45) is 0 Å². The first-order valence-electron chi connectivity index (χ1n) is 8.04. The summed E-state index contributed by atoms with van der Waals surface area (Å²) in [6.07, 6.45) is 2.86. The fourth-order valence-corrected chi connectivity index (χ4v) is 1.96. The topological polar surface area (TPSA) is 58.6 Å². The molecular formula is C18H28N2O3. The predicted octanol–water partition coefficient (Wildman–Crippen LogP) is 3.83. The van der Waals surface area contributed by atoms with Gasteiger partial charge < -0.3 is 15.0 Å². The third-order valence-corrected chi connectivity index (χ3v) is 3.14. The number of hydrogen-bond acceptors (Lipinski definition) is 3. The van der Waals surface area contributed by atoms with Crippen LogP contribution in [0.25, 0.3) is 0 Å². The molecule has 0 saturated carbocycles. The van der Waals surface area contributed by atoms with Crippen LogP contribution in [-0.4, -0.2) is 36.1 Å². The van der Waals surface area contributed by atoms with Crippen LogP contribution in [0, 0.1) is 0 Å². The van der Waals surface area contributed by atoms with E-state index >= 15 is 0 Å². The van der Waals surface area contributed by atoms with Crippen LogP contribution in [0.5, 0.6) is 0 Å². The lowest BCUT2D eigenvalue weighted by atomic mass is 10.1. The Balaban J connectivity index is 2.48. The molecule has 2 amide bonds. The Labute approximate surface area is 139 Å². The molecule has 5 heteroatoms. The fourth-order valence-electron chi connectivity index (χ4n) is 1.96. The maximum atomic E-state index is 12.0. The normalized spacial score (nSPS) is 11.0. The number of likely N-dealkylation sites (N-methyl/N-ethyl adjacent to an activating group) is 1. The smallest absolute Gasteiger partial charge is 0.410 e. The summed E-state index contributed by atoms with van der Waals surface area (Å²) in [5.74, 6) is -0.250. The summed E-state index contributed by atoms with van der Waals surface area (Å²) in [5, 5.41) is 2.79. The van der Waals surface area contributed by atoms with Gasteiger partial charge in [-0.3, -0.25) is 4.79 Å². The molecule has 0 fully saturated rings. The van der Waals surface area contributed by atoms with Gasteiger partial charge in [0.2, 0.25) is 5.91 Å². The second-order valence-corrected chi connectivity index (χ2v) is 6.69. The first kappa shape index (κ1) is 19.0. The lowest BCUT2D eigenvalue weighted by Crippen LogP contribution is -2.38. The zero-order valence-corrected chi connectivity index (χ0v) is 14.8. The summed E-state index contributed by atoms with van der Waals surface area (Å²) < 4.78 is 5.21. The van der Waals surface area contributed by atoms with E-state index in [2.05, 4.69) is 12.2 Å². The van der Waals surface area contributed by atoms with Crippen molar-refractivity contribution in [1.29, 1.82) is 0 Å². The second-order valence-electron chi connectivity index (χ2n) is 6.69. The maximum absolute atomic E-state index is 12.0. The van der Waals surface area contributed by atoms with Crippen LogP contribution in [0.2, 0.25) is 0 Å². The standard InChI is InChI=1S/C18H28N2O3/c1-6-7-8-14-9-11-15(12-10-14)19-16(21)13-20(5)17(22)23-18(2,3)4/h9-12H,6-8,13H2,1-5H3,(H,19,21). The Morgan fingerprint density at radius 2 is 1.78 bits per heavy atom. The molecule has 0 aromatic heterocycles. The number of carbonyl (C=O) groups excluding carboxylic acids is 2. The highest BCUT2D eigenvalue weighted by molar-refractivity contribution is 5.93. The van der Waals surface area contributed by atoms with Gasteiger partial charge in [0.15, 0.2) is 0 Å². The Bertz CT molecular complexity index is 518. The zero-order chi connectivity index (χ0) is 17.5. The number of anilines is 1. The third kappa shape index (κ3) is 7.68. The third-order valence-electron chi connectivity index (χ3n) is 3.14. The van der Waals surface area contributed by atoms with E-state index in [1.165, 1.54) is 10.5 Å². The minimum absolute atomic E-state index is 0.0491. The van der Waals surface area contributed by atoms with E-state index in [1.54, 1.807) is 27.8 Å². The van der Waals surface area contributed by atoms with E-state index < -0.39 is 11.7 Å². The van der Waals surface area contributed by atoms with Crippen molar-refractivity contribution in [3.8, 4) is 0 Å². The maximum Gasteiger partial charge on any atom is 0.410 e. The van der Waals surface area contributed by atoms with Gasteiger partial charge in [-0.05, 0) is 51.3 Å². The molecule has 128 valence electrons. The molecule has 1 aromatic rings. The Morgan fingerprint density at radius 1 is 1.17 bits per heavy atom. The van der Waals surface area contributed by atoms with Gasteiger partial charge >= 0.3 is 6.09 Å². The molecule has 0 saturated heterocycles. The van der Waals surface area contributed by atoms with Crippen molar-refractivity contribution < 1.29 is 14.3 Å². The Kier molecular flexibility index (Phi) is 7.07. The highest BCUT2D eigenvalue weighted by Gasteiger charge is 2.21. The van der Waals surface area contributed by atoms with Crippen LogP contribution >= 0.6 is 0 Å². The summed E-state index contributed by atoms with van der Waals surface area (Å²) in [6, 6.07) is 7.80. The molecule has 0 heterocycles. The van der Waals surface area contributed by atoms with Crippen molar-refractivity contribution in [2.45, 2.75) is 52.6 Å². The summed E-state index contributed by atoms with van der Waals surface area (Å²) in [7, 11) is 1.54. The van der Waals surface area contributed by atoms with E-state index in [0.717, 1.165) is 24.9 Å². The van der Waals surface area contributed by atoms with E-state index in [1.807, 2.05) is 24.3 Å². The molecule has 0 aliphatic rings. The largest absolute Gasteiger partial charge is 0.444 e. The molecule has 0 aliphatic heterocycles. The lowest BCUT2D eigenvalue weighted by molar-refractivity contribution is -0.117. The number of rotatable bonds is 6. The molecule has 0 spiro atoms. The summed E-state index contributed by atoms with van der Waals surface area (Å²) in [5.41, 5.74) is 1.42. The number of ether oxygens (including phenoxy) is 1. The summed E-state index contributed by atoms with van der Waals surface area (Å²) in [4.78, 5) is 25.1. The van der Waals surface area contributed by atoms with Crippen molar-refractivity contribution in [3.63, 3.8) is 0 Å². The van der Waals surface area contributed by atoms with Gasteiger partial charge in [0.05, 0.1) is 0 Å². The molecule has 1 aromatic carbocycles. The van der Waals surface area contributed by atoms with Crippen molar-refractivity contribution in [3.05, 3.63) is 29.8 Å². The average molecular weight is 320 g/mol. The fraction of sp³-hybridized carbons (Fsp3) is 0.556. The van der Waals surface area contributed by atoms with Gasteiger partial charge in [0.25, 0.3) is 0 Å². The van der Waals surface area contributed by atoms with Gasteiger partial charge in [-0.1, -0.05) is 25.5 Å². The average Bonchev–Trinajstić information content (AvgIpc) is 2.44. The van der Waals surface area contributed by atoms with Crippen molar-refractivity contribution in [1.82, 2.24) is 4.90 Å². The van der Waals surface area contributed by atoms with Gasteiger partial charge in [0, 0.05) is 12.7 Å². The van der Waals surface area contributed by atoms with Crippen LogP contribution < -0.4 is 5.32 Å². The van der Waals surface area contributed by atoms with Crippen LogP contribution in [0.15, 0.2) is 24.3 Å². The summed E-state index contributed by atoms with van der Waals surface area (Å²) >= 11 is 0. The number of carbonyl (C=O) groups is 2. The molecule has 0 unspecified atom stereocenters. The molecule has 1 N–H and O–H groups in total. The van der Waals surface area contributed by atoms with Crippen LogP contribution in [-0.2, 0) is 16.0 Å². The van der Waals surface area contributed by atoms with Gasteiger partial charge in [0.1, 0.15) is 12.1 Å². The molecule has 0 atom stereocenters. The van der Waals surface area contributed by atoms with Gasteiger partial charge in [-0.15, -0.1) is 0 Å². The first-order chi connectivity index (χ1) is 10.7. The number of unbranched alkanes of at least 4 members (excludes halogenated alkanes) is 1. The minimum Gasteiger partial charge on any atom is -0.444 e. The minimum atomic E-state index is -0.573. The zero-order valence-electron chi connectivity index (χ0n) is 14.8. The van der Waals surface area contributed by atoms with Crippen molar-refractivity contribution >= 4 is 17.7 Å². The molecule has 0 radical (unpaired) electrons. The van der Waals surface area contributed by atoms with Crippen molar-refractivity contribution in [2.75, 3.05) is 18.9 Å². The first-order valence-corrected chi connectivity index (χ1v) is 8.04. The van der Waals surface area contributed by atoms with Gasteiger partial charge in [-0.25, -0.2) is 4.79 Å². The van der Waals surface area contributed by atoms with E-state index in [4.69, 9.17) is 4.74 Å². The molecule has 0 bridgehead atoms. The SMILES string of the molecule is CCCCc1ccc(NC(=O)CN(C)C(=O)OC(C)(C)C)cc1. The molecule has 5 nitrogen and oxygen atoms in total. The molecule has 23 heavy (non-hydrogen) atoms. The molecular weight excluding hydrogens is 292 g/mol. The van der Waals surface area contributed by atoms with Gasteiger partial charge in [-0.2, -0.15) is 0 Å². The number of nitrogens with one attached hydrogen (secondary N) is 1. The van der Waals surface area contributed by atoms with Crippen LogP contribution in [0.1, 0.15) is 46.1 Å². The molecule has 0 aliphatic carbocycles. The lowest BCUT2D eigenvalue weighted by Gasteiger charge is -2.24. The summed E-state index contributed by atoms with van der Waals surface area (Å²) in [6.45, 7) is 7.49. The molecule has 1 rings (SSSR count). The number of benzene rings is 1. The Hall–Kier alpha value is -2.04. The number of aryl methyl sites for hydroxylation is 1. The number of hydrogen-bond donors (Lipinski definition) is 1. The predicted molar refractivity (Wildman–Crippen MR) is 92.5 cm³/mol. The highest BCUT2D eigenvalue weighted by atomic mass is 16.6. The highest BCUT2D eigenvalue weighted by Crippen LogP contribution is 2.12.